The predicted octanol–water partition coefficient (Wildman–Crippen LogP) is 5.55. The van der Waals surface area contributed by atoms with Crippen LogP contribution in [-0.4, -0.2) is 36.5 Å². The number of aryl methyl sites for hydroxylation is 2. The summed E-state index contributed by atoms with van der Waals surface area (Å²) in [4.78, 5) is 4.85. The van der Waals surface area contributed by atoms with Gasteiger partial charge < -0.3 is 0 Å². The van der Waals surface area contributed by atoms with E-state index in [-0.39, 0.29) is 11.7 Å². The Kier molecular flexibility index (Phi) is 6.43. The van der Waals surface area contributed by atoms with E-state index in [0.717, 1.165) is 45.3 Å². The molecule has 1 aliphatic carbocycles. The van der Waals surface area contributed by atoms with Crippen molar-refractivity contribution in [3.8, 4) is 0 Å². The molecule has 1 fully saturated rings. The van der Waals surface area contributed by atoms with Crippen LogP contribution in [0.15, 0.2) is 33.3 Å². The number of pyridine rings is 1. The average Bonchev–Trinajstić information content (AvgIpc) is 2.85. The highest BCUT2D eigenvalue weighted by molar-refractivity contribution is 9.10. The highest BCUT2D eigenvalue weighted by Gasteiger charge is 2.37. The van der Waals surface area contributed by atoms with Crippen molar-refractivity contribution in [2.75, 3.05) is 18.8 Å². The van der Waals surface area contributed by atoms with E-state index in [1.807, 2.05) is 12.3 Å². The van der Waals surface area contributed by atoms with Crippen molar-refractivity contribution in [1.29, 1.82) is 0 Å². The second kappa shape index (κ2) is 8.58. The largest absolute Gasteiger partial charge is 0.259 e. The van der Waals surface area contributed by atoms with Crippen LogP contribution < -0.4 is 0 Å². The van der Waals surface area contributed by atoms with Crippen molar-refractivity contribution in [3.63, 3.8) is 0 Å². The van der Waals surface area contributed by atoms with Crippen LogP contribution in [0.4, 0.5) is 0 Å². The SMILES string of the molecule is CCS(=O)(=O)N1CCC(C2c3ncc(Br)cc3CCc3cc(Cl)cc(Br)c32)CC1. The normalized spacial score (nSPS) is 20.8. The first-order valence-electron chi connectivity index (χ1n) is 9.90. The summed E-state index contributed by atoms with van der Waals surface area (Å²) in [5.74, 6) is 0.626. The minimum atomic E-state index is -3.14. The summed E-state index contributed by atoms with van der Waals surface area (Å²) in [6.45, 7) is 2.86. The van der Waals surface area contributed by atoms with Crippen LogP contribution in [0.2, 0.25) is 5.02 Å². The Hall–Kier alpha value is -0.470. The summed E-state index contributed by atoms with van der Waals surface area (Å²) in [5.41, 5.74) is 4.89. The molecule has 0 N–H and O–H groups in total. The molecule has 0 amide bonds. The third-order valence-electron chi connectivity index (χ3n) is 6.15. The molecule has 0 radical (unpaired) electrons. The Balaban J connectivity index is 1.76. The first kappa shape index (κ1) is 21.8. The lowest BCUT2D eigenvalue weighted by Gasteiger charge is -2.36. The molecule has 1 aliphatic heterocycles. The highest BCUT2D eigenvalue weighted by Crippen LogP contribution is 2.46. The molecule has 8 heteroatoms. The number of hydrogen-bond acceptors (Lipinski definition) is 3. The summed E-state index contributed by atoms with van der Waals surface area (Å²) in [6, 6.07) is 6.22. The molecule has 0 bridgehead atoms. The molecule has 1 saturated heterocycles. The van der Waals surface area contributed by atoms with Crippen LogP contribution in [0.25, 0.3) is 0 Å². The van der Waals surface area contributed by atoms with Gasteiger partial charge in [0.25, 0.3) is 0 Å². The van der Waals surface area contributed by atoms with Gasteiger partial charge in [0.1, 0.15) is 0 Å². The second-order valence-corrected chi connectivity index (χ2v) is 12.2. The molecule has 29 heavy (non-hydrogen) atoms. The van der Waals surface area contributed by atoms with Crippen LogP contribution in [0.5, 0.6) is 0 Å². The molecule has 0 saturated carbocycles. The quantitative estimate of drug-likeness (QED) is 0.493. The smallest absolute Gasteiger partial charge is 0.213 e. The molecule has 2 heterocycles. The lowest BCUT2D eigenvalue weighted by molar-refractivity contribution is 0.255. The fraction of sp³-hybridized carbons (Fsp3) is 0.476. The van der Waals surface area contributed by atoms with E-state index >= 15 is 0 Å². The van der Waals surface area contributed by atoms with Crippen molar-refractivity contribution in [3.05, 3.63) is 60.7 Å². The van der Waals surface area contributed by atoms with E-state index in [4.69, 9.17) is 16.6 Å². The number of piperidine rings is 1. The molecule has 0 spiro atoms. The summed E-state index contributed by atoms with van der Waals surface area (Å²) >= 11 is 13.7. The number of nitrogens with zero attached hydrogens (tertiary/aromatic N) is 2. The number of hydrogen-bond donors (Lipinski definition) is 0. The lowest BCUT2D eigenvalue weighted by Crippen LogP contribution is -2.40. The number of fused-ring (bicyclic) bond motifs is 2. The summed E-state index contributed by atoms with van der Waals surface area (Å²) in [7, 11) is -3.14. The molecule has 1 unspecified atom stereocenters. The van der Waals surface area contributed by atoms with E-state index in [0.29, 0.717) is 19.0 Å². The topological polar surface area (TPSA) is 50.3 Å². The lowest BCUT2D eigenvalue weighted by atomic mass is 9.77. The molecular formula is C21H23Br2ClN2O2S. The van der Waals surface area contributed by atoms with Gasteiger partial charge in [-0.05, 0) is 89.3 Å². The predicted molar refractivity (Wildman–Crippen MR) is 124 cm³/mol. The zero-order valence-electron chi connectivity index (χ0n) is 16.2. The minimum absolute atomic E-state index is 0.133. The van der Waals surface area contributed by atoms with Gasteiger partial charge in [-0.2, -0.15) is 0 Å². The third-order valence-corrected chi connectivity index (χ3v) is 9.34. The number of sulfonamides is 1. The Labute approximate surface area is 194 Å². The molecule has 2 aromatic rings. The van der Waals surface area contributed by atoms with Gasteiger partial charge in [0.05, 0.1) is 11.4 Å². The molecule has 1 atom stereocenters. The highest BCUT2D eigenvalue weighted by atomic mass is 79.9. The van der Waals surface area contributed by atoms with E-state index < -0.39 is 10.0 Å². The standard InChI is InChI=1S/C21H23Br2ClN2O2S/c1-2-29(27,28)26-7-5-13(6-8-26)20-19-14(10-17(24)11-18(19)23)3-4-15-9-16(22)12-25-21(15)20/h9-13,20H,2-8H2,1H3. The van der Waals surface area contributed by atoms with Crippen molar-refractivity contribution in [2.45, 2.75) is 38.5 Å². The summed E-state index contributed by atoms with van der Waals surface area (Å²) in [5, 5.41) is 0.735. The van der Waals surface area contributed by atoms with Crippen molar-refractivity contribution >= 4 is 53.5 Å². The van der Waals surface area contributed by atoms with Crippen molar-refractivity contribution < 1.29 is 8.42 Å². The maximum atomic E-state index is 12.3. The molecule has 4 nitrogen and oxygen atoms in total. The molecule has 2 aliphatic rings. The fourth-order valence-electron chi connectivity index (χ4n) is 4.70. The van der Waals surface area contributed by atoms with Crippen molar-refractivity contribution in [1.82, 2.24) is 9.29 Å². The van der Waals surface area contributed by atoms with Crippen LogP contribution >= 0.6 is 43.5 Å². The van der Waals surface area contributed by atoms with Gasteiger partial charge in [0.15, 0.2) is 0 Å². The molecular weight excluding hydrogens is 540 g/mol. The Morgan fingerprint density at radius 3 is 2.52 bits per heavy atom. The Bertz CT molecular complexity index is 1040. The van der Waals surface area contributed by atoms with E-state index in [9.17, 15) is 8.42 Å². The van der Waals surface area contributed by atoms with Gasteiger partial charge >= 0.3 is 0 Å². The minimum Gasteiger partial charge on any atom is -0.259 e. The van der Waals surface area contributed by atoms with Gasteiger partial charge in [-0.25, -0.2) is 12.7 Å². The number of rotatable bonds is 3. The van der Waals surface area contributed by atoms with Crippen molar-refractivity contribution in [2.24, 2.45) is 5.92 Å². The Morgan fingerprint density at radius 1 is 1.14 bits per heavy atom. The third kappa shape index (κ3) is 4.31. The summed E-state index contributed by atoms with van der Waals surface area (Å²) in [6.07, 6.45) is 5.36. The first-order chi connectivity index (χ1) is 13.8. The monoisotopic (exact) mass is 560 g/mol. The number of halogens is 3. The van der Waals surface area contributed by atoms with E-state index in [1.54, 1.807) is 11.2 Å². The van der Waals surface area contributed by atoms with Crippen LogP contribution in [0, 0.1) is 5.92 Å². The van der Waals surface area contributed by atoms with Gasteiger partial charge in [0.2, 0.25) is 10.0 Å². The molecule has 156 valence electrons. The van der Waals surface area contributed by atoms with Gasteiger partial charge in [-0.3, -0.25) is 4.98 Å². The summed E-state index contributed by atoms with van der Waals surface area (Å²) < 4.78 is 28.3. The first-order valence-corrected chi connectivity index (χ1v) is 13.5. The number of aromatic nitrogens is 1. The molecule has 4 rings (SSSR count). The van der Waals surface area contributed by atoms with Gasteiger partial charge in [-0.1, -0.05) is 27.5 Å². The van der Waals surface area contributed by atoms with Crippen LogP contribution in [0.1, 0.15) is 48.1 Å². The second-order valence-electron chi connectivity index (χ2n) is 7.77. The fourth-order valence-corrected chi connectivity index (χ4v) is 7.33. The zero-order valence-corrected chi connectivity index (χ0v) is 20.9. The van der Waals surface area contributed by atoms with Gasteiger partial charge in [-0.15, -0.1) is 0 Å². The van der Waals surface area contributed by atoms with Crippen LogP contribution in [0.3, 0.4) is 0 Å². The van der Waals surface area contributed by atoms with Crippen LogP contribution in [-0.2, 0) is 22.9 Å². The molecule has 1 aromatic heterocycles. The number of benzene rings is 1. The van der Waals surface area contributed by atoms with E-state index in [1.165, 1.54) is 16.7 Å². The van der Waals surface area contributed by atoms with E-state index in [2.05, 4.69) is 44.0 Å². The maximum Gasteiger partial charge on any atom is 0.213 e. The molecule has 1 aromatic carbocycles. The Morgan fingerprint density at radius 2 is 1.83 bits per heavy atom. The maximum absolute atomic E-state index is 12.3. The van der Waals surface area contributed by atoms with Gasteiger partial charge in [0, 0.05) is 39.2 Å². The average molecular weight is 563 g/mol. The zero-order chi connectivity index (χ0) is 20.8.